The Morgan fingerprint density at radius 2 is 2.24 bits per heavy atom. The van der Waals surface area contributed by atoms with Gasteiger partial charge in [0, 0.05) is 18.2 Å². The highest BCUT2D eigenvalue weighted by molar-refractivity contribution is 9.10. The molecule has 1 aliphatic rings. The molecule has 2 N–H and O–H groups in total. The van der Waals surface area contributed by atoms with Gasteiger partial charge in [0.05, 0.1) is 16.0 Å². The Morgan fingerprint density at radius 1 is 1.53 bits per heavy atom. The third-order valence-corrected chi connectivity index (χ3v) is 3.98. The number of hydrogen-bond donors (Lipinski definition) is 2. The summed E-state index contributed by atoms with van der Waals surface area (Å²) in [5.41, 5.74) is 0.737. The molecule has 0 aromatic heterocycles. The van der Waals surface area contributed by atoms with Crippen LogP contribution in [0.2, 0.25) is 0 Å². The number of nitro benzene ring substituents is 1. The highest BCUT2D eigenvalue weighted by atomic mass is 79.9. The maximum Gasteiger partial charge on any atom is 0.283 e. The normalized spacial score (nSPS) is 16.8. The first-order chi connectivity index (χ1) is 8.08. The van der Waals surface area contributed by atoms with Crippen molar-refractivity contribution in [1.82, 2.24) is 5.32 Å². The van der Waals surface area contributed by atoms with Crippen LogP contribution in [0.25, 0.3) is 0 Å². The summed E-state index contributed by atoms with van der Waals surface area (Å²) < 4.78 is 0.506. The smallest absolute Gasteiger partial charge is 0.283 e. The Morgan fingerprint density at radius 3 is 2.76 bits per heavy atom. The molecule has 0 radical (unpaired) electrons. The molecular weight excluding hydrogens is 288 g/mol. The van der Waals surface area contributed by atoms with Gasteiger partial charge in [-0.1, -0.05) is 12.1 Å². The fourth-order valence-corrected chi connectivity index (χ4v) is 2.22. The number of nitro groups is 1. The van der Waals surface area contributed by atoms with Crippen LogP contribution in [0.3, 0.4) is 0 Å². The van der Waals surface area contributed by atoms with Crippen molar-refractivity contribution in [3.05, 3.63) is 38.3 Å². The number of nitrogens with one attached hydrogen (secondary N) is 1. The molecule has 1 aromatic carbocycles. The summed E-state index contributed by atoms with van der Waals surface area (Å²) in [7, 11) is 0. The van der Waals surface area contributed by atoms with E-state index in [1.165, 1.54) is 6.07 Å². The SMILES string of the molecule is O=[N+]([O-])c1cccc(CNC2(CO)CC2)c1Br. The molecule has 1 saturated carbocycles. The second-order valence-electron chi connectivity index (χ2n) is 4.30. The summed E-state index contributed by atoms with van der Waals surface area (Å²) in [6.45, 7) is 0.627. The topological polar surface area (TPSA) is 75.4 Å². The lowest BCUT2D eigenvalue weighted by Gasteiger charge is -2.14. The molecule has 0 heterocycles. The summed E-state index contributed by atoms with van der Waals surface area (Å²) in [4.78, 5) is 10.3. The Bertz CT molecular complexity index is 446. The minimum Gasteiger partial charge on any atom is -0.394 e. The Balaban J connectivity index is 2.11. The summed E-state index contributed by atoms with van der Waals surface area (Å²) in [5, 5.41) is 23.2. The first-order valence-corrected chi connectivity index (χ1v) is 6.15. The lowest BCUT2D eigenvalue weighted by Crippen LogP contribution is -2.34. The molecular formula is C11H13BrN2O3. The van der Waals surface area contributed by atoms with Gasteiger partial charge in [-0.05, 0) is 34.3 Å². The van der Waals surface area contributed by atoms with Crippen molar-refractivity contribution in [2.75, 3.05) is 6.61 Å². The monoisotopic (exact) mass is 300 g/mol. The van der Waals surface area contributed by atoms with Gasteiger partial charge in [-0.2, -0.15) is 0 Å². The van der Waals surface area contributed by atoms with Gasteiger partial charge in [-0.25, -0.2) is 0 Å². The van der Waals surface area contributed by atoms with E-state index in [2.05, 4.69) is 21.2 Å². The fourth-order valence-electron chi connectivity index (χ4n) is 1.67. The van der Waals surface area contributed by atoms with E-state index in [0.717, 1.165) is 18.4 Å². The maximum atomic E-state index is 10.8. The van der Waals surface area contributed by atoms with Crippen molar-refractivity contribution >= 4 is 21.6 Å². The molecule has 2 rings (SSSR count). The first-order valence-electron chi connectivity index (χ1n) is 5.36. The van der Waals surface area contributed by atoms with Crippen molar-refractivity contribution in [1.29, 1.82) is 0 Å². The third kappa shape index (κ3) is 2.65. The van der Waals surface area contributed by atoms with Crippen LogP contribution in [-0.4, -0.2) is 22.2 Å². The zero-order valence-corrected chi connectivity index (χ0v) is 10.7. The fraction of sp³-hybridized carbons (Fsp3) is 0.455. The van der Waals surface area contributed by atoms with Crippen molar-refractivity contribution in [3.63, 3.8) is 0 Å². The van der Waals surface area contributed by atoms with Crippen molar-refractivity contribution in [2.24, 2.45) is 0 Å². The molecule has 0 unspecified atom stereocenters. The van der Waals surface area contributed by atoms with E-state index in [-0.39, 0.29) is 17.8 Å². The van der Waals surface area contributed by atoms with E-state index in [0.29, 0.717) is 11.0 Å². The van der Waals surface area contributed by atoms with E-state index in [1.54, 1.807) is 6.07 Å². The van der Waals surface area contributed by atoms with Gasteiger partial charge in [0.15, 0.2) is 0 Å². The Hall–Kier alpha value is -0.980. The number of aliphatic hydroxyl groups excluding tert-OH is 1. The molecule has 1 fully saturated rings. The van der Waals surface area contributed by atoms with Gasteiger partial charge in [0.25, 0.3) is 5.69 Å². The van der Waals surface area contributed by atoms with Crippen LogP contribution >= 0.6 is 15.9 Å². The Labute approximate surface area is 107 Å². The molecule has 0 spiro atoms. The minimum absolute atomic E-state index is 0.0677. The molecule has 17 heavy (non-hydrogen) atoms. The minimum atomic E-state index is -0.410. The third-order valence-electron chi connectivity index (χ3n) is 3.07. The van der Waals surface area contributed by atoms with E-state index < -0.39 is 4.92 Å². The average Bonchev–Trinajstić information content (AvgIpc) is 3.08. The lowest BCUT2D eigenvalue weighted by atomic mass is 10.2. The first kappa shape index (κ1) is 12.5. The zero-order chi connectivity index (χ0) is 12.5. The van der Waals surface area contributed by atoms with Crippen LogP contribution in [-0.2, 0) is 6.54 Å². The predicted octanol–water partition coefficient (Wildman–Crippen LogP) is 1.97. The molecule has 0 atom stereocenters. The van der Waals surface area contributed by atoms with Crippen molar-refractivity contribution in [2.45, 2.75) is 24.9 Å². The van der Waals surface area contributed by atoms with Gasteiger partial charge in [0.1, 0.15) is 0 Å². The summed E-state index contributed by atoms with van der Waals surface area (Å²) >= 11 is 3.25. The highest BCUT2D eigenvalue weighted by Gasteiger charge is 2.41. The number of hydrogen-bond acceptors (Lipinski definition) is 4. The zero-order valence-electron chi connectivity index (χ0n) is 9.15. The number of aliphatic hydroxyl groups is 1. The van der Waals surface area contributed by atoms with Crippen LogP contribution in [0.5, 0.6) is 0 Å². The van der Waals surface area contributed by atoms with Crippen molar-refractivity contribution in [3.8, 4) is 0 Å². The van der Waals surface area contributed by atoms with Crippen LogP contribution in [0.15, 0.2) is 22.7 Å². The molecule has 0 amide bonds. The lowest BCUT2D eigenvalue weighted by molar-refractivity contribution is -0.385. The average molecular weight is 301 g/mol. The number of rotatable bonds is 5. The summed E-state index contributed by atoms with van der Waals surface area (Å²) in [6, 6.07) is 4.96. The molecule has 5 nitrogen and oxygen atoms in total. The number of benzene rings is 1. The largest absolute Gasteiger partial charge is 0.394 e. The van der Waals surface area contributed by atoms with Gasteiger partial charge in [-0.15, -0.1) is 0 Å². The van der Waals surface area contributed by atoms with Crippen LogP contribution in [0.4, 0.5) is 5.69 Å². The van der Waals surface area contributed by atoms with E-state index in [4.69, 9.17) is 5.11 Å². The van der Waals surface area contributed by atoms with Gasteiger partial charge in [-0.3, -0.25) is 10.1 Å². The standard InChI is InChI=1S/C11H13BrN2O3/c12-10-8(2-1-3-9(10)14(16)17)6-13-11(7-15)4-5-11/h1-3,13,15H,4-7H2. The molecule has 1 aliphatic carbocycles. The van der Waals surface area contributed by atoms with Gasteiger partial charge in [0.2, 0.25) is 0 Å². The van der Waals surface area contributed by atoms with E-state index >= 15 is 0 Å². The summed E-state index contributed by atoms with van der Waals surface area (Å²) in [5.74, 6) is 0. The van der Waals surface area contributed by atoms with Crippen LogP contribution < -0.4 is 5.32 Å². The second-order valence-corrected chi connectivity index (χ2v) is 5.09. The quantitative estimate of drug-likeness (QED) is 0.644. The highest BCUT2D eigenvalue weighted by Crippen LogP contribution is 2.36. The Kier molecular flexibility index (Phi) is 3.46. The number of nitrogens with zero attached hydrogens (tertiary/aromatic N) is 1. The molecule has 0 saturated heterocycles. The van der Waals surface area contributed by atoms with E-state index in [1.807, 2.05) is 6.07 Å². The van der Waals surface area contributed by atoms with Crippen LogP contribution in [0, 0.1) is 10.1 Å². The predicted molar refractivity (Wildman–Crippen MR) is 66.7 cm³/mol. The number of halogens is 1. The molecule has 0 aliphatic heterocycles. The molecule has 92 valence electrons. The van der Waals surface area contributed by atoms with Crippen LogP contribution in [0.1, 0.15) is 18.4 Å². The second kappa shape index (κ2) is 4.72. The van der Waals surface area contributed by atoms with Gasteiger partial charge < -0.3 is 10.4 Å². The maximum absolute atomic E-state index is 10.8. The molecule has 1 aromatic rings. The summed E-state index contributed by atoms with van der Waals surface area (Å²) in [6.07, 6.45) is 1.91. The van der Waals surface area contributed by atoms with Crippen molar-refractivity contribution < 1.29 is 10.0 Å². The van der Waals surface area contributed by atoms with Gasteiger partial charge >= 0.3 is 0 Å². The van der Waals surface area contributed by atoms with E-state index in [9.17, 15) is 10.1 Å². The molecule has 0 bridgehead atoms. The molecule has 6 heteroatoms.